The lowest BCUT2D eigenvalue weighted by molar-refractivity contribution is -0.140. The standard InChI is InChI=1S/C20H28N6O/c1-16-10-23-17(11-22-16)12-26-15-20(6-4-19(26)27)5-3-8-25(14-20)13-18-21-7-9-24(18)2/h7,9-11H,3-6,8,12-15H2,1-2H3. The van der Waals surface area contributed by atoms with Crippen LogP contribution in [0.3, 0.4) is 0 Å². The fraction of sp³-hybridized carbons (Fsp3) is 0.600. The molecule has 0 aliphatic carbocycles. The normalized spacial score (nSPS) is 23.9. The van der Waals surface area contributed by atoms with Gasteiger partial charge in [-0.1, -0.05) is 0 Å². The molecular formula is C20H28N6O. The fourth-order valence-corrected chi connectivity index (χ4v) is 4.47. The number of imidazole rings is 1. The van der Waals surface area contributed by atoms with Gasteiger partial charge in [0.05, 0.1) is 30.7 Å². The van der Waals surface area contributed by atoms with Crippen LogP contribution < -0.4 is 0 Å². The number of hydrogen-bond donors (Lipinski definition) is 0. The Bertz CT molecular complexity index is 801. The van der Waals surface area contributed by atoms with Gasteiger partial charge in [-0.25, -0.2) is 4.98 Å². The molecule has 1 amide bonds. The van der Waals surface area contributed by atoms with Crippen LogP contribution in [0, 0.1) is 12.3 Å². The first kappa shape index (κ1) is 18.1. The van der Waals surface area contributed by atoms with Gasteiger partial charge in [0.1, 0.15) is 5.82 Å². The van der Waals surface area contributed by atoms with Crippen LogP contribution in [0.4, 0.5) is 0 Å². The summed E-state index contributed by atoms with van der Waals surface area (Å²) < 4.78 is 2.09. The smallest absolute Gasteiger partial charge is 0.222 e. The minimum atomic E-state index is 0.190. The zero-order valence-corrected chi connectivity index (χ0v) is 16.3. The third-order valence-electron chi connectivity index (χ3n) is 5.96. The summed E-state index contributed by atoms with van der Waals surface area (Å²) in [4.78, 5) is 30.3. The summed E-state index contributed by atoms with van der Waals surface area (Å²) in [6, 6.07) is 0. The summed E-state index contributed by atoms with van der Waals surface area (Å²) in [6.07, 6.45) is 11.4. The second-order valence-electron chi connectivity index (χ2n) is 8.17. The van der Waals surface area contributed by atoms with Crippen molar-refractivity contribution >= 4 is 5.91 Å². The van der Waals surface area contributed by atoms with E-state index in [9.17, 15) is 4.79 Å². The highest BCUT2D eigenvalue weighted by Gasteiger charge is 2.41. The van der Waals surface area contributed by atoms with Crippen molar-refractivity contribution in [2.75, 3.05) is 19.6 Å². The molecule has 144 valence electrons. The largest absolute Gasteiger partial charge is 0.337 e. The third-order valence-corrected chi connectivity index (χ3v) is 5.96. The molecule has 2 aromatic heterocycles. The van der Waals surface area contributed by atoms with Crippen LogP contribution in [0.5, 0.6) is 0 Å². The van der Waals surface area contributed by atoms with Gasteiger partial charge in [0.15, 0.2) is 0 Å². The number of aryl methyl sites for hydroxylation is 2. The molecule has 1 atom stereocenters. The van der Waals surface area contributed by atoms with Gasteiger partial charge in [-0.15, -0.1) is 0 Å². The fourth-order valence-electron chi connectivity index (χ4n) is 4.47. The van der Waals surface area contributed by atoms with Crippen molar-refractivity contribution in [2.24, 2.45) is 12.5 Å². The molecule has 1 unspecified atom stereocenters. The molecule has 0 aromatic carbocycles. The summed E-state index contributed by atoms with van der Waals surface area (Å²) in [5, 5.41) is 0. The molecule has 0 radical (unpaired) electrons. The zero-order valence-electron chi connectivity index (χ0n) is 16.3. The molecule has 0 bridgehead atoms. The van der Waals surface area contributed by atoms with E-state index < -0.39 is 0 Å². The van der Waals surface area contributed by atoms with Gasteiger partial charge < -0.3 is 9.47 Å². The second-order valence-corrected chi connectivity index (χ2v) is 8.17. The number of aromatic nitrogens is 4. The molecule has 1 spiro atoms. The van der Waals surface area contributed by atoms with E-state index in [0.717, 1.165) is 49.8 Å². The molecule has 2 saturated heterocycles. The Hall–Kier alpha value is -2.28. The van der Waals surface area contributed by atoms with Crippen molar-refractivity contribution in [2.45, 2.75) is 45.7 Å². The van der Waals surface area contributed by atoms with Gasteiger partial charge in [-0.3, -0.25) is 19.7 Å². The number of carbonyl (C=O) groups is 1. The van der Waals surface area contributed by atoms with Gasteiger partial charge in [0.2, 0.25) is 5.91 Å². The predicted octanol–water partition coefficient (Wildman–Crippen LogP) is 1.92. The number of nitrogens with zero attached hydrogens (tertiary/aromatic N) is 6. The topological polar surface area (TPSA) is 67.2 Å². The highest BCUT2D eigenvalue weighted by Crippen LogP contribution is 2.39. The highest BCUT2D eigenvalue weighted by molar-refractivity contribution is 5.77. The van der Waals surface area contributed by atoms with Crippen molar-refractivity contribution < 1.29 is 4.79 Å². The van der Waals surface area contributed by atoms with Gasteiger partial charge >= 0.3 is 0 Å². The average Bonchev–Trinajstić information content (AvgIpc) is 3.05. The number of piperidine rings is 2. The predicted molar refractivity (Wildman–Crippen MR) is 102 cm³/mol. The van der Waals surface area contributed by atoms with Crippen LogP contribution in [0.25, 0.3) is 0 Å². The molecule has 4 heterocycles. The van der Waals surface area contributed by atoms with E-state index in [1.807, 2.05) is 31.3 Å². The molecule has 0 N–H and O–H groups in total. The molecular weight excluding hydrogens is 340 g/mol. The molecule has 0 saturated carbocycles. The van der Waals surface area contributed by atoms with Crippen LogP contribution in [-0.2, 0) is 24.9 Å². The first-order chi connectivity index (χ1) is 13.0. The zero-order chi connectivity index (χ0) is 18.9. The van der Waals surface area contributed by atoms with E-state index in [1.54, 1.807) is 12.4 Å². The second kappa shape index (κ2) is 7.38. The monoisotopic (exact) mass is 368 g/mol. The summed E-state index contributed by atoms with van der Waals surface area (Å²) >= 11 is 0. The van der Waals surface area contributed by atoms with Gasteiger partial charge in [-0.05, 0) is 32.7 Å². The van der Waals surface area contributed by atoms with E-state index >= 15 is 0 Å². The lowest BCUT2D eigenvalue weighted by Gasteiger charge is -2.48. The summed E-state index contributed by atoms with van der Waals surface area (Å²) in [6.45, 7) is 6.32. The van der Waals surface area contributed by atoms with Crippen LogP contribution in [0.1, 0.15) is 42.9 Å². The summed E-state index contributed by atoms with van der Waals surface area (Å²) in [5.41, 5.74) is 1.96. The molecule has 4 rings (SSSR count). The van der Waals surface area contributed by atoms with Crippen LogP contribution in [0.15, 0.2) is 24.8 Å². The number of amides is 1. The Balaban J connectivity index is 1.44. The minimum Gasteiger partial charge on any atom is -0.337 e. The van der Waals surface area contributed by atoms with Crippen LogP contribution in [-0.4, -0.2) is 54.9 Å². The minimum absolute atomic E-state index is 0.190. The Morgan fingerprint density at radius 2 is 2.00 bits per heavy atom. The van der Waals surface area contributed by atoms with E-state index in [-0.39, 0.29) is 11.3 Å². The van der Waals surface area contributed by atoms with E-state index in [1.165, 1.54) is 12.8 Å². The summed E-state index contributed by atoms with van der Waals surface area (Å²) in [7, 11) is 2.05. The molecule has 2 aliphatic rings. The Labute approximate surface area is 160 Å². The number of hydrogen-bond acceptors (Lipinski definition) is 5. The van der Waals surface area contributed by atoms with Crippen molar-refractivity contribution in [3.63, 3.8) is 0 Å². The molecule has 2 aromatic rings. The highest BCUT2D eigenvalue weighted by atomic mass is 16.2. The van der Waals surface area contributed by atoms with E-state index in [2.05, 4.69) is 24.4 Å². The number of likely N-dealkylation sites (tertiary alicyclic amines) is 2. The number of rotatable bonds is 4. The quantitative estimate of drug-likeness (QED) is 0.825. The van der Waals surface area contributed by atoms with E-state index in [0.29, 0.717) is 13.0 Å². The van der Waals surface area contributed by atoms with Crippen LogP contribution in [0.2, 0.25) is 0 Å². The molecule has 7 heteroatoms. The molecule has 7 nitrogen and oxygen atoms in total. The lowest BCUT2D eigenvalue weighted by atomic mass is 9.73. The van der Waals surface area contributed by atoms with Crippen molar-refractivity contribution in [1.29, 1.82) is 0 Å². The lowest BCUT2D eigenvalue weighted by Crippen LogP contribution is -2.53. The first-order valence-corrected chi connectivity index (χ1v) is 9.77. The van der Waals surface area contributed by atoms with Crippen molar-refractivity contribution in [1.82, 2.24) is 29.3 Å². The van der Waals surface area contributed by atoms with Crippen LogP contribution >= 0.6 is 0 Å². The Morgan fingerprint density at radius 3 is 2.74 bits per heavy atom. The molecule has 27 heavy (non-hydrogen) atoms. The third kappa shape index (κ3) is 4.03. The Morgan fingerprint density at radius 1 is 1.11 bits per heavy atom. The Kier molecular flexibility index (Phi) is 4.95. The van der Waals surface area contributed by atoms with Crippen molar-refractivity contribution in [3.05, 3.63) is 42.0 Å². The van der Waals surface area contributed by atoms with E-state index in [4.69, 9.17) is 0 Å². The van der Waals surface area contributed by atoms with Crippen molar-refractivity contribution in [3.8, 4) is 0 Å². The van der Waals surface area contributed by atoms with Gasteiger partial charge in [0.25, 0.3) is 0 Å². The molecule has 2 aliphatic heterocycles. The van der Waals surface area contributed by atoms with Gasteiger partial charge in [0, 0.05) is 50.6 Å². The maximum atomic E-state index is 12.5. The summed E-state index contributed by atoms with van der Waals surface area (Å²) in [5.74, 6) is 1.34. The van der Waals surface area contributed by atoms with Gasteiger partial charge in [-0.2, -0.15) is 0 Å². The SMILES string of the molecule is Cc1cnc(CN2CC3(CCCN(Cc4nccn4C)C3)CCC2=O)cn1. The first-order valence-electron chi connectivity index (χ1n) is 9.77. The maximum absolute atomic E-state index is 12.5. The molecule has 2 fully saturated rings. The number of carbonyl (C=O) groups excluding carboxylic acids is 1. The average molecular weight is 368 g/mol. The maximum Gasteiger partial charge on any atom is 0.222 e.